The van der Waals surface area contributed by atoms with Crippen LogP contribution in [0.2, 0.25) is 0 Å². The van der Waals surface area contributed by atoms with Gasteiger partial charge in [0.05, 0.1) is 0 Å². The number of rotatable bonds is 4. The summed E-state index contributed by atoms with van der Waals surface area (Å²) in [6, 6.07) is 0. The molecule has 0 saturated carbocycles. The third kappa shape index (κ3) is 16.2. The van der Waals surface area contributed by atoms with Gasteiger partial charge in [0.15, 0.2) is 23.8 Å². The van der Waals surface area contributed by atoms with Crippen molar-refractivity contribution in [2.45, 2.75) is 33.0 Å². The van der Waals surface area contributed by atoms with Crippen molar-refractivity contribution in [1.82, 2.24) is 0 Å². The topological polar surface area (TPSA) is 169 Å². The van der Waals surface area contributed by atoms with Gasteiger partial charge in [-0.05, 0) is 6.92 Å². The number of carbonyl (C=O) groups is 4. The zero-order valence-corrected chi connectivity index (χ0v) is 10.7. The van der Waals surface area contributed by atoms with E-state index in [0.29, 0.717) is 0 Å². The lowest BCUT2D eigenvalue weighted by Gasteiger charge is -2.07. The van der Waals surface area contributed by atoms with Crippen LogP contribution in [0.3, 0.4) is 0 Å². The molecule has 5 N–H and O–H groups in total. The van der Waals surface area contributed by atoms with Gasteiger partial charge in [-0.2, -0.15) is 0 Å². The van der Waals surface area contributed by atoms with Crippen LogP contribution in [0, 0.1) is 0 Å². The second-order valence-electron chi connectivity index (χ2n) is 2.99. The molecule has 0 aromatic heterocycles. The largest absolute Gasteiger partial charge is 0.479 e. The van der Waals surface area contributed by atoms with Crippen molar-refractivity contribution in [3.63, 3.8) is 0 Å². The molecule has 0 aromatic carbocycles. The highest BCUT2D eigenvalue weighted by Gasteiger charge is 2.29. The van der Waals surface area contributed by atoms with Gasteiger partial charge in [-0.25, -0.2) is 9.59 Å². The average molecular weight is 282 g/mol. The van der Waals surface area contributed by atoms with E-state index < -0.39 is 24.1 Å². The summed E-state index contributed by atoms with van der Waals surface area (Å²) in [6.45, 7) is 4.44. The van der Waals surface area contributed by atoms with E-state index >= 15 is 0 Å². The molecule has 0 saturated heterocycles. The standard InChI is InChI=1S/C4H6O6.C4H6O2.C2H6O/c5-1(3(7)8)2(6)4(9)10;1-3(5)4(2)6;1-2-3/h1-2,5-6H,(H,7,8)(H,9,10);1-2H3;3H,2H2,1H3. The minimum absolute atomic E-state index is 0.250. The number of carbonyl (C=O) groups excluding carboxylic acids is 2. The van der Waals surface area contributed by atoms with Gasteiger partial charge in [-0.3, -0.25) is 9.59 Å². The van der Waals surface area contributed by atoms with Gasteiger partial charge in [0, 0.05) is 20.5 Å². The number of hydrogen-bond acceptors (Lipinski definition) is 7. The zero-order valence-electron chi connectivity index (χ0n) is 10.7. The second-order valence-corrected chi connectivity index (χ2v) is 2.99. The van der Waals surface area contributed by atoms with Gasteiger partial charge in [0.2, 0.25) is 0 Å². The molecule has 112 valence electrons. The molecule has 0 bridgehead atoms. The van der Waals surface area contributed by atoms with Crippen LogP contribution >= 0.6 is 0 Å². The SMILES string of the molecule is CC(=O)C(C)=O.CCO.O=C(O)C(O)C(O)C(=O)O. The van der Waals surface area contributed by atoms with Gasteiger partial charge in [0.1, 0.15) is 0 Å². The fourth-order valence-corrected chi connectivity index (χ4v) is 0.270. The van der Waals surface area contributed by atoms with E-state index in [1.54, 1.807) is 6.92 Å². The molecule has 2 unspecified atom stereocenters. The first-order valence-corrected chi connectivity index (χ1v) is 4.96. The number of ketones is 2. The molecule has 0 aromatic rings. The van der Waals surface area contributed by atoms with E-state index in [-0.39, 0.29) is 18.2 Å². The highest BCUT2D eigenvalue weighted by molar-refractivity contribution is 6.35. The van der Waals surface area contributed by atoms with Crippen molar-refractivity contribution in [3.8, 4) is 0 Å². The summed E-state index contributed by atoms with van der Waals surface area (Å²) in [5.41, 5.74) is 0. The lowest BCUT2D eigenvalue weighted by Crippen LogP contribution is -2.39. The quantitative estimate of drug-likeness (QED) is 0.367. The highest BCUT2D eigenvalue weighted by atomic mass is 16.4. The van der Waals surface area contributed by atoms with Crippen molar-refractivity contribution < 1.29 is 44.7 Å². The Hall–Kier alpha value is -1.84. The van der Waals surface area contributed by atoms with Crippen LogP contribution in [0.15, 0.2) is 0 Å². The third-order valence-electron chi connectivity index (χ3n) is 1.30. The maximum absolute atomic E-state index is 9.79. The predicted octanol–water partition coefficient (Wildman–Crippen LogP) is -1.96. The molecule has 9 nitrogen and oxygen atoms in total. The summed E-state index contributed by atoms with van der Waals surface area (Å²) in [4.78, 5) is 39.1. The van der Waals surface area contributed by atoms with Crippen molar-refractivity contribution in [3.05, 3.63) is 0 Å². The molecule has 0 aliphatic rings. The van der Waals surface area contributed by atoms with E-state index in [0.717, 1.165) is 0 Å². The molecular weight excluding hydrogens is 264 g/mol. The summed E-state index contributed by atoms with van der Waals surface area (Å²) < 4.78 is 0. The zero-order chi connectivity index (χ0) is 16.2. The van der Waals surface area contributed by atoms with Crippen LogP contribution in [0.25, 0.3) is 0 Å². The van der Waals surface area contributed by atoms with Crippen molar-refractivity contribution in [2.24, 2.45) is 0 Å². The van der Waals surface area contributed by atoms with E-state index in [4.69, 9.17) is 25.5 Å². The molecule has 0 heterocycles. The Morgan fingerprint density at radius 1 is 0.842 bits per heavy atom. The maximum atomic E-state index is 9.79. The number of aliphatic hydroxyl groups is 3. The first-order valence-electron chi connectivity index (χ1n) is 4.96. The third-order valence-corrected chi connectivity index (χ3v) is 1.30. The normalized spacial score (nSPS) is 11.7. The van der Waals surface area contributed by atoms with Crippen LogP contribution in [-0.2, 0) is 19.2 Å². The Morgan fingerprint density at radius 2 is 1.00 bits per heavy atom. The lowest BCUT2D eigenvalue weighted by molar-refractivity contribution is -0.165. The monoisotopic (exact) mass is 282 g/mol. The Morgan fingerprint density at radius 3 is 1.05 bits per heavy atom. The van der Waals surface area contributed by atoms with Crippen molar-refractivity contribution in [2.75, 3.05) is 6.61 Å². The van der Waals surface area contributed by atoms with Crippen LogP contribution < -0.4 is 0 Å². The van der Waals surface area contributed by atoms with Crippen LogP contribution in [0.4, 0.5) is 0 Å². The molecule has 0 spiro atoms. The van der Waals surface area contributed by atoms with Gasteiger partial charge in [-0.1, -0.05) is 0 Å². The molecule has 0 amide bonds. The molecular formula is C10H18O9. The molecule has 9 heteroatoms. The Labute approximate surface area is 109 Å². The van der Waals surface area contributed by atoms with Crippen molar-refractivity contribution in [1.29, 1.82) is 0 Å². The molecule has 0 rings (SSSR count). The van der Waals surface area contributed by atoms with E-state index in [2.05, 4.69) is 0 Å². The first kappa shape index (κ1) is 22.3. The summed E-state index contributed by atoms with van der Waals surface area (Å²) in [7, 11) is 0. The number of aliphatic hydroxyl groups excluding tert-OH is 3. The summed E-state index contributed by atoms with van der Waals surface area (Å²) >= 11 is 0. The van der Waals surface area contributed by atoms with E-state index in [9.17, 15) is 19.2 Å². The minimum Gasteiger partial charge on any atom is -0.479 e. The van der Waals surface area contributed by atoms with E-state index in [1.165, 1.54) is 13.8 Å². The molecule has 0 radical (unpaired) electrons. The smallest absolute Gasteiger partial charge is 0.335 e. The molecule has 0 aliphatic carbocycles. The Bertz CT molecular complexity index is 280. The number of carboxylic acids is 2. The molecule has 2 atom stereocenters. The molecule has 0 fully saturated rings. The van der Waals surface area contributed by atoms with Gasteiger partial charge in [0.25, 0.3) is 0 Å². The fraction of sp³-hybridized carbons (Fsp3) is 0.600. The lowest BCUT2D eigenvalue weighted by atomic mass is 10.2. The Balaban J connectivity index is -0.000000242. The number of Topliss-reactive ketones (excluding diaryl/α,β-unsaturated/α-hetero) is 2. The maximum Gasteiger partial charge on any atom is 0.335 e. The first-order chi connectivity index (χ1) is 8.52. The number of carboxylic acid groups (broad SMARTS) is 2. The highest BCUT2D eigenvalue weighted by Crippen LogP contribution is 1.92. The van der Waals surface area contributed by atoms with Crippen LogP contribution in [0.1, 0.15) is 20.8 Å². The molecule has 19 heavy (non-hydrogen) atoms. The van der Waals surface area contributed by atoms with E-state index in [1.807, 2.05) is 0 Å². The predicted molar refractivity (Wildman–Crippen MR) is 61.4 cm³/mol. The van der Waals surface area contributed by atoms with Crippen molar-refractivity contribution >= 4 is 23.5 Å². The second kappa shape index (κ2) is 12.6. The van der Waals surface area contributed by atoms with Gasteiger partial charge in [-0.15, -0.1) is 0 Å². The number of hydrogen-bond donors (Lipinski definition) is 5. The number of aliphatic carboxylic acids is 2. The average Bonchev–Trinajstić information content (AvgIpc) is 2.28. The summed E-state index contributed by atoms with van der Waals surface area (Å²) in [5, 5.41) is 40.1. The van der Waals surface area contributed by atoms with Crippen LogP contribution in [0.5, 0.6) is 0 Å². The Kier molecular flexibility index (Phi) is 14.8. The van der Waals surface area contributed by atoms with Gasteiger partial charge < -0.3 is 25.5 Å². The fourth-order valence-electron chi connectivity index (χ4n) is 0.270. The van der Waals surface area contributed by atoms with Crippen LogP contribution in [-0.4, -0.2) is 67.9 Å². The minimum atomic E-state index is -2.27. The summed E-state index contributed by atoms with van der Waals surface area (Å²) in [6.07, 6.45) is -4.53. The molecule has 0 aliphatic heterocycles. The van der Waals surface area contributed by atoms with Gasteiger partial charge >= 0.3 is 11.9 Å². The summed E-state index contributed by atoms with van der Waals surface area (Å²) in [5.74, 6) is -4.30.